The molecule has 648 valence electrons. The van der Waals surface area contributed by atoms with Gasteiger partial charge in [0.1, 0.15) is 0 Å². The summed E-state index contributed by atoms with van der Waals surface area (Å²) < 4.78 is 4.66. The Hall–Kier alpha value is -15.1. The summed E-state index contributed by atoms with van der Waals surface area (Å²) in [6.07, 6.45) is 81.9. The fourth-order valence-electron chi connectivity index (χ4n) is 19.3. The maximum absolute atomic E-state index is 4.06. The van der Waals surface area contributed by atoms with Gasteiger partial charge in [0.2, 0.25) is 0 Å². The van der Waals surface area contributed by atoms with E-state index in [0.29, 0.717) is 17.8 Å². The molecule has 0 radical (unpaired) electrons. The van der Waals surface area contributed by atoms with E-state index in [1.807, 2.05) is 91.0 Å². The summed E-state index contributed by atoms with van der Waals surface area (Å²) in [6, 6.07) is 108. The largest absolute Gasteiger partial charge is 0.317 e. The summed E-state index contributed by atoms with van der Waals surface area (Å²) >= 11 is 0. The highest BCUT2D eigenvalue weighted by atomic mass is 15.2. The third kappa shape index (κ3) is 21.4. The van der Waals surface area contributed by atoms with Gasteiger partial charge in [-0.2, -0.15) is 0 Å². The molecule has 8 aliphatic carbocycles. The van der Waals surface area contributed by atoms with Crippen molar-refractivity contribution in [3.63, 3.8) is 0 Å². The van der Waals surface area contributed by atoms with Crippen molar-refractivity contribution in [1.29, 1.82) is 0 Å². The molecule has 4 heteroatoms. The Kier molecular flexibility index (Phi) is 29.1. The Labute approximate surface area is 782 Å². The first-order chi connectivity index (χ1) is 65.4. The SMILES string of the molecule is C1=CCCC(C2=CC=C(C3=CC=C(N(c4ccc(C5=CCC(c6ccccc6)C=C5)cc4)c4ccc(-c5cccc6c5ccn6-c5ccccc5)cc4)CC3)CC2)=C1.C=C/C=C\C=C\C(C=C)C/C=C/C1C=CC(N(C2=CC=C(C3=CC=C(C4=CC=CCC4)CC3)CC2)c2ccc(-c3ccc4c(c3)c3ccccc3n4-c3ccccc3)cc2)=CC1.c1ccccc1.c1ccccc1. The normalized spacial score (nSPS) is 17.2. The number of para-hydroxylation sites is 3. The Bertz CT molecular complexity index is 6790. The van der Waals surface area contributed by atoms with Crippen LogP contribution in [0.4, 0.5) is 17.1 Å². The monoisotopic (exact) mass is 1710 g/mol. The summed E-state index contributed by atoms with van der Waals surface area (Å²) in [4.78, 5) is 4.97. The van der Waals surface area contributed by atoms with Crippen LogP contribution in [-0.2, 0) is 0 Å². The summed E-state index contributed by atoms with van der Waals surface area (Å²) in [6.45, 7) is 7.81. The second kappa shape index (κ2) is 43.8. The zero-order valence-electron chi connectivity index (χ0n) is 75.7. The third-order valence-electron chi connectivity index (χ3n) is 26.5. The van der Waals surface area contributed by atoms with Crippen LogP contribution in [0, 0.1) is 11.8 Å². The van der Waals surface area contributed by atoms with Crippen molar-refractivity contribution in [3.05, 3.63) is 566 Å². The van der Waals surface area contributed by atoms with Crippen molar-refractivity contribution in [3.8, 4) is 33.6 Å². The van der Waals surface area contributed by atoms with Gasteiger partial charge in [0.25, 0.3) is 0 Å². The zero-order chi connectivity index (χ0) is 89.3. The number of fused-ring (bicyclic) bond motifs is 4. The number of nitrogens with zero attached hydrogens (tertiary/aromatic N) is 4. The number of hydrogen-bond donors (Lipinski definition) is 0. The third-order valence-corrected chi connectivity index (χ3v) is 26.5. The molecule has 13 aromatic rings. The van der Waals surface area contributed by atoms with Crippen molar-refractivity contribution < 1.29 is 0 Å². The smallest absolute Gasteiger partial charge is 0.0541 e. The lowest BCUT2D eigenvalue weighted by atomic mass is 9.84. The quantitative estimate of drug-likeness (QED) is 0.0469. The van der Waals surface area contributed by atoms with Gasteiger partial charge in [0.05, 0.1) is 16.6 Å². The molecule has 0 aliphatic heterocycles. The zero-order valence-corrected chi connectivity index (χ0v) is 75.7. The predicted molar refractivity (Wildman–Crippen MR) is 566 cm³/mol. The van der Waals surface area contributed by atoms with Gasteiger partial charge < -0.3 is 18.9 Å². The maximum atomic E-state index is 4.06. The first-order valence-corrected chi connectivity index (χ1v) is 47.5. The van der Waals surface area contributed by atoms with Crippen molar-refractivity contribution in [2.45, 2.75) is 102 Å². The lowest BCUT2D eigenvalue weighted by Crippen LogP contribution is -2.23. The minimum Gasteiger partial charge on any atom is -0.317 e. The molecule has 2 heterocycles. The van der Waals surface area contributed by atoms with Crippen LogP contribution in [0.15, 0.2) is 554 Å². The molecule has 3 unspecified atom stereocenters. The van der Waals surface area contributed by atoms with Crippen molar-refractivity contribution in [2.24, 2.45) is 11.8 Å². The summed E-state index contributed by atoms with van der Waals surface area (Å²) in [7, 11) is 0. The average Bonchev–Trinajstić information content (AvgIpc) is 1.59. The predicted octanol–water partition coefficient (Wildman–Crippen LogP) is 34.8. The molecule has 0 saturated heterocycles. The highest BCUT2D eigenvalue weighted by Gasteiger charge is 2.26. The second-order valence-corrected chi connectivity index (χ2v) is 34.8. The number of rotatable bonds is 23. The van der Waals surface area contributed by atoms with Gasteiger partial charge in [0.15, 0.2) is 0 Å². The molecule has 0 fully saturated rings. The van der Waals surface area contributed by atoms with Gasteiger partial charge in [-0.1, -0.05) is 371 Å². The van der Waals surface area contributed by atoms with Gasteiger partial charge in [-0.05, 0) is 301 Å². The molecule has 4 nitrogen and oxygen atoms in total. The van der Waals surface area contributed by atoms with E-state index < -0.39 is 0 Å². The van der Waals surface area contributed by atoms with Gasteiger partial charge in [-0.25, -0.2) is 0 Å². The molecule has 8 aliphatic rings. The molecule has 2 aromatic heterocycles. The number of hydrogen-bond acceptors (Lipinski definition) is 2. The van der Waals surface area contributed by atoms with E-state index in [2.05, 4.69) is 415 Å². The molecule has 21 rings (SSSR count). The van der Waals surface area contributed by atoms with Gasteiger partial charge in [-0.15, -0.1) is 6.58 Å². The highest BCUT2D eigenvalue weighted by Crippen LogP contribution is 2.45. The van der Waals surface area contributed by atoms with Gasteiger partial charge in [-0.3, -0.25) is 0 Å². The number of anilines is 3. The highest BCUT2D eigenvalue weighted by molar-refractivity contribution is 6.10. The van der Waals surface area contributed by atoms with Crippen LogP contribution in [0.25, 0.3) is 71.9 Å². The van der Waals surface area contributed by atoms with Crippen LogP contribution in [0.5, 0.6) is 0 Å². The van der Waals surface area contributed by atoms with Crippen LogP contribution in [-0.4, -0.2) is 9.13 Å². The fraction of sp³-hybridized carbons (Fsp3) is 0.141. The van der Waals surface area contributed by atoms with E-state index in [0.717, 1.165) is 89.9 Å². The summed E-state index contributed by atoms with van der Waals surface area (Å²) in [5.41, 5.74) is 34.3. The van der Waals surface area contributed by atoms with Gasteiger partial charge >= 0.3 is 0 Å². The molecule has 0 saturated carbocycles. The minimum absolute atomic E-state index is 0.305. The maximum Gasteiger partial charge on any atom is 0.0541 e. The van der Waals surface area contributed by atoms with Crippen LogP contribution < -0.4 is 9.80 Å². The second-order valence-electron chi connectivity index (χ2n) is 34.8. The fourth-order valence-corrected chi connectivity index (χ4v) is 19.3. The molecule has 0 spiro atoms. The molecule has 132 heavy (non-hydrogen) atoms. The van der Waals surface area contributed by atoms with Gasteiger partial charge in [0, 0.05) is 73.8 Å². The number of benzene rings is 11. The summed E-state index contributed by atoms with van der Waals surface area (Å²) in [5.74, 6) is 1.10. The number of aromatic nitrogens is 2. The van der Waals surface area contributed by atoms with E-state index in [1.165, 1.54) is 168 Å². The Morgan fingerprint density at radius 1 is 0.364 bits per heavy atom. The van der Waals surface area contributed by atoms with Crippen LogP contribution in [0.1, 0.15) is 113 Å². The topological polar surface area (TPSA) is 16.3 Å². The van der Waals surface area contributed by atoms with E-state index >= 15 is 0 Å². The lowest BCUT2D eigenvalue weighted by Gasteiger charge is -2.32. The van der Waals surface area contributed by atoms with E-state index in [-0.39, 0.29) is 0 Å². The minimum atomic E-state index is 0.305. The van der Waals surface area contributed by atoms with Crippen LogP contribution >= 0.6 is 0 Å². The summed E-state index contributed by atoms with van der Waals surface area (Å²) in [5, 5.41) is 3.79. The molecule has 0 bridgehead atoms. The lowest BCUT2D eigenvalue weighted by molar-refractivity contribution is 0.777. The van der Waals surface area contributed by atoms with Crippen LogP contribution in [0.3, 0.4) is 0 Å². The molecule has 3 atom stereocenters. The molecule has 11 aromatic carbocycles. The molecule has 0 amide bonds. The van der Waals surface area contributed by atoms with E-state index in [9.17, 15) is 0 Å². The Balaban J connectivity index is 0.000000157. The van der Waals surface area contributed by atoms with Crippen molar-refractivity contribution in [1.82, 2.24) is 9.13 Å². The average molecular weight is 1710 g/mol. The molecule has 0 N–H and O–H groups in total. The Morgan fingerprint density at radius 3 is 1.38 bits per heavy atom. The van der Waals surface area contributed by atoms with Crippen LogP contribution in [0.2, 0.25) is 0 Å². The first kappa shape index (κ1) is 87.6. The molecular weight excluding hydrogens is 1590 g/mol. The Morgan fingerprint density at radius 2 is 0.856 bits per heavy atom. The first-order valence-electron chi connectivity index (χ1n) is 47.5. The standard InChI is InChI=1S/C60H56N2.C56H48N2.2C6H6/c1-3-5-6-9-17-45(4-2)18-16-19-46-26-37-54(38-27-46)61(55-39-32-50(33-40-55)49-30-28-48(29-31-49)47-20-10-7-11-21-47)56-41-34-51(35-42-56)52-36-43-60-58(44-52)57-24-14-15-25-59(57)62(60)53-22-12-8-13-23-53;1-4-11-41(12-5-1)43-19-23-45(24-20-43)47-27-33-51(34-28-47)58(52-35-29-48(30-36-52)46-25-21-44(22-26-46)42-13-6-2-7-14-42)53-37-31-49(32-38-53)54-17-10-18-56-55(54)39-40-57(56)50-15-8-3-9-16-50;2*1-2-4-6-5-3-1/h3-10,12-17,19-20,22-26,28,30,32,34-39,41-46H,1-2,11,18,21,27,29,31,33,40H2;1-6,8-13,15-19,21,23-25,27-29,31-35,37-40,43H,7,14,20,22,26,30,36H2;2*1-6H/b6-5-,17-9+,19-16+;;;. The van der Waals surface area contributed by atoms with E-state index in [1.54, 1.807) is 6.08 Å². The molecular formula is C128H116N4. The van der Waals surface area contributed by atoms with Crippen molar-refractivity contribution >= 4 is 55.3 Å². The van der Waals surface area contributed by atoms with E-state index in [4.69, 9.17) is 0 Å². The van der Waals surface area contributed by atoms with Crippen molar-refractivity contribution in [2.75, 3.05) is 9.80 Å². The number of allylic oxidation sites excluding steroid dienone is 39.